The summed E-state index contributed by atoms with van der Waals surface area (Å²) in [5, 5.41) is 3.46. The maximum atomic E-state index is 4.81. The van der Waals surface area contributed by atoms with Gasteiger partial charge in [0.05, 0.1) is 0 Å². The quantitative estimate of drug-likeness (QED) is 0.796. The third-order valence-electron chi connectivity index (χ3n) is 4.28. The molecule has 3 nitrogen and oxygen atoms in total. The van der Waals surface area contributed by atoms with E-state index in [4.69, 9.17) is 4.98 Å². The van der Waals surface area contributed by atoms with Crippen molar-refractivity contribution in [1.29, 1.82) is 0 Å². The van der Waals surface area contributed by atoms with Crippen LogP contribution in [0.1, 0.15) is 24.1 Å². The van der Waals surface area contributed by atoms with Gasteiger partial charge in [0.25, 0.3) is 0 Å². The van der Waals surface area contributed by atoms with Gasteiger partial charge in [0.15, 0.2) is 0 Å². The number of nitrogens with one attached hydrogen (secondary N) is 1. The molecule has 3 rings (SSSR count). The normalized spacial score (nSPS) is 21.5. The van der Waals surface area contributed by atoms with Crippen LogP contribution in [0.5, 0.6) is 0 Å². The molecule has 0 aromatic carbocycles. The molecule has 1 aliphatic heterocycles. The summed E-state index contributed by atoms with van der Waals surface area (Å²) in [5.74, 6) is 1.09. The topological polar surface area (TPSA) is 28.2 Å². The zero-order valence-electron chi connectivity index (χ0n) is 10.8. The van der Waals surface area contributed by atoms with Crippen LogP contribution in [-0.2, 0) is 12.8 Å². The first kappa shape index (κ1) is 11.0. The molecule has 0 unspecified atom stereocenters. The van der Waals surface area contributed by atoms with Crippen LogP contribution in [0.2, 0.25) is 0 Å². The molecule has 0 amide bonds. The SMILES string of the molecule is CN(C)c1ccc2c(n1)CC1(CCNCC1)C2. The van der Waals surface area contributed by atoms with E-state index in [0.717, 1.165) is 5.82 Å². The van der Waals surface area contributed by atoms with Crippen molar-refractivity contribution in [3.05, 3.63) is 23.4 Å². The van der Waals surface area contributed by atoms with E-state index in [1.54, 1.807) is 0 Å². The zero-order chi connectivity index (χ0) is 11.9. The van der Waals surface area contributed by atoms with Gasteiger partial charge in [-0.15, -0.1) is 0 Å². The fourth-order valence-electron chi connectivity index (χ4n) is 3.21. The minimum Gasteiger partial charge on any atom is -0.363 e. The Bertz CT molecular complexity index is 419. The highest BCUT2D eigenvalue weighted by Gasteiger charge is 2.38. The van der Waals surface area contributed by atoms with Crippen molar-refractivity contribution in [3.8, 4) is 0 Å². The van der Waals surface area contributed by atoms with Crippen LogP contribution < -0.4 is 10.2 Å². The molecule has 0 radical (unpaired) electrons. The molecule has 1 N–H and O–H groups in total. The molecule has 0 atom stereocenters. The minimum atomic E-state index is 0.519. The van der Waals surface area contributed by atoms with Crippen molar-refractivity contribution in [3.63, 3.8) is 0 Å². The summed E-state index contributed by atoms with van der Waals surface area (Å²) < 4.78 is 0. The Kier molecular flexibility index (Phi) is 2.58. The molecule has 2 aliphatic rings. The number of hydrogen-bond donors (Lipinski definition) is 1. The van der Waals surface area contributed by atoms with Crippen molar-refractivity contribution < 1.29 is 0 Å². The van der Waals surface area contributed by atoms with Gasteiger partial charge in [-0.1, -0.05) is 6.07 Å². The van der Waals surface area contributed by atoms with E-state index in [-0.39, 0.29) is 0 Å². The standard InChI is InChI=1S/C14H21N3/c1-17(2)13-4-3-11-9-14(10-12(11)16-13)5-7-15-8-6-14/h3-4,15H,5-10H2,1-2H3. The summed E-state index contributed by atoms with van der Waals surface area (Å²) in [4.78, 5) is 6.90. The Hall–Kier alpha value is -1.09. The van der Waals surface area contributed by atoms with Crippen molar-refractivity contribution in [2.75, 3.05) is 32.1 Å². The Labute approximate surface area is 103 Å². The van der Waals surface area contributed by atoms with Gasteiger partial charge in [-0.05, 0) is 55.8 Å². The van der Waals surface area contributed by atoms with Crippen LogP contribution in [0.4, 0.5) is 5.82 Å². The Morgan fingerprint density at radius 2 is 1.94 bits per heavy atom. The van der Waals surface area contributed by atoms with Gasteiger partial charge in [0.2, 0.25) is 0 Å². The summed E-state index contributed by atoms with van der Waals surface area (Å²) in [7, 11) is 4.12. The number of nitrogens with zero attached hydrogens (tertiary/aromatic N) is 2. The molecule has 3 heteroatoms. The Morgan fingerprint density at radius 1 is 1.18 bits per heavy atom. The molecule has 1 fully saturated rings. The van der Waals surface area contributed by atoms with Gasteiger partial charge in [-0.2, -0.15) is 0 Å². The number of anilines is 1. The molecule has 92 valence electrons. The van der Waals surface area contributed by atoms with Gasteiger partial charge < -0.3 is 10.2 Å². The van der Waals surface area contributed by atoms with Crippen molar-refractivity contribution >= 4 is 5.82 Å². The highest BCUT2D eigenvalue weighted by atomic mass is 15.1. The minimum absolute atomic E-state index is 0.519. The lowest BCUT2D eigenvalue weighted by molar-refractivity contribution is 0.215. The van der Waals surface area contributed by atoms with Gasteiger partial charge in [0, 0.05) is 19.8 Å². The summed E-state index contributed by atoms with van der Waals surface area (Å²) in [5.41, 5.74) is 3.35. The number of fused-ring (bicyclic) bond motifs is 1. The van der Waals surface area contributed by atoms with E-state index >= 15 is 0 Å². The zero-order valence-corrected chi connectivity index (χ0v) is 10.8. The number of aromatic nitrogens is 1. The number of rotatable bonds is 1. The molecule has 1 spiro atoms. The fraction of sp³-hybridized carbons (Fsp3) is 0.643. The maximum Gasteiger partial charge on any atom is 0.128 e. The highest BCUT2D eigenvalue weighted by Crippen LogP contribution is 2.42. The van der Waals surface area contributed by atoms with Crippen LogP contribution in [0.3, 0.4) is 0 Å². The van der Waals surface area contributed by atoms with Gasteiger partial charge in [-0.25, -0.2) is 4.98 Å². The number of hydrogen-bond acceptors (Lipinski definition) is 3. The van der Waals surface area contributed by atoms with E-state index in [2.05, 4.69) is 36.4 Å². The van der Waals surface area contributed by atoms with E-state index in [1.807, 2.05) is 0 Å². The van der Waals surface area contributed by atoms with E-state index < -0.39 is 0 Å². The van der Waals surface area contributed by atoms with Crippen LogP contribution >= 0.6 is 0 Å². The van der Waals surface area contributed by atoms with Crippen LogP contribution in [0, 0.1) is 5.41 Å². The molecule has 1 aliphatic carbocycles. The van der Waals surface area contributed by atoms with Gasteiger partial charge >= 0.3 is 0 Å². The fourth-order valence-corrected chi connectivity index (χ4v) is 3.21. The molecule has 1 saturated heterocycles. The van der Waals surface area contributed by atoms with Crippen molar-refractivity contribution in [1.82, 2.24) is 10.3 Å². The highest BCUT2D eigenvalue weighted by molar-refractivity contribution is 5.42. The number of pyridine rings is 1. The molecule has 1 aromatic heterocycles. The molecule has 0 bridgehead atoms. The van der Waals surface area contributed by atoms with E-state index in [9.17, 15) is 0 Å². The predicted molar refractivity (Wildman–Crippen MR) is 70.5 cm³/mol. The lowest BCUT2D eigenvalue weighted by atomic mass is 9.77. The third-order valence-corrected chi connectivity index (χ3v) is 4.28. The second kappa shape index (κ2) is 3.98. The first-order valence-corrected chi connectivity index (χ1v) is 6.55. The maximum absolute atomic E-state index is 4.81. The summed E-state index contributed by atoms with van der Waals surface area (Å²) >= 11 is 0. The first-order valence-electron chi connectivity index (χ1n) is 6.55. The smallest absolute Gasteiger partial charge is 0.128 e. The summed E-state index contributed by atoms with van der Waals surface area (Å²) in [6.07, 6.45) is 5.04. The van der Waals surface area contributed by atoms with E-state index in [0.29, 0.717) is 5.41 Å². The van der Waals surface area contributed by atoms with Gasteiger partial charge in [0.1, 0.15) is 5.82 Å². The Balaban J connectivity index is 1.87. The summed E-state index contributed by atoms with van der Waals surface area (Å²) in [6, 6.07) is 4.44. The molecule has 1 aromatic rings. The lowest BCUT2D eigenvalue weighted by Crippen LogP contribution is -2.37. The largest absolute Gasteiger partial charge is 0.363 e. The van der Waals surface area contributed by atoms with Crippen molar-refractivity contribution in [2.24, 2.45) is 5.41 Å². The van der Waals surface area contributed by atoms with Crippen molar-refractivity contribution in [2.45, 2.75) is 25.7 Å². The third kappa shape index (κ3) is 1.93. The van der Waals surface area contributed by atoms with Crippen LogP contribution in [0.25, 0.3) is 0 Å². The molecule has 0 saturated carbocycles. The average molecular weight is 231 g/mol. The molecular weight excluding hydrogens is 210 g/mol. The molecule has 2 heterocycles. The Morgan fingerprint density at radius 3 is 2.65 bits per heavy atom. The predicted octanol–water partition coefficient (Wildman–Crippen LogP) is 1.62. The molecular formula is C14H21N3. The van der Waals surface area contributed by atoms with Crippen LogP contribution in [-0.4, -0.2) is 32.2 Å². The van der Waals surface area contributed by atoms with Crippen LogP contribution in [0.15, 0.2) is 12.1 Å². The monoisotopic (exact) mass is 231 g/mol. The first-order chi connectivity index (χ1) is 8.19. The summed E-state index contributed by atoms with van der Waals surface area (Å²) in [6.45, 7) is 2.35. The molecule has 17 heavy (non-hydrogen) atoms. The van der Waals surface area contributed by atoms with Gasteiger partial charge in [-0.3, -0.25) is 0 Å². The lowest BCUT2D eigenvalue weighted by Gasteiger charge is -2.33. The second-order valence-corrected chi connectivity index (χ2v) is 5.77. The second-order valence-electron chi connectivity index (χ2n) is 5.77. The average Bonchev–Trinajstić information content (AvgIpc) is 2.66. The van der Waals surface area contributed by atoms with E-state index in [1.165, 1.54) is 50.0 Å². The number of piperidine rings is 1.